The minimum Gasteiger partial charge on any atom is -0.406 e. The van der Waals surface area contributed by atoms with Crippen LogP contribution in [0.1, 0.15) is 92.9 Å². The second kappa shape index (κ2) is 9.27. The summed E-state index contributed by atoms with van der Waals surface area (Å²) in [6.45, 7) is 19.1. The summed E-state index contributed by atoms with van der Waals surface area (Å²) < 4.78 is 25.4. The van der Waals surface area contributed by atoms with Gasteiger partial charge in [-0.1, -0.05) is 41.5 Å². The molecule has 0 aromatic heterocycles. The van der Waals surface area contributed by atoms with E-state index in [4.69, 9.17) is 18.6 Å². The van der Waals surface area contributed by atoms with Crippen molar-refractivity contribution in [2.45, 2.75) is 131 Å². The molecule has 202 valence electrons. The average Bonchev–Trinajstić information content (AvgIpc) is 3.49. The standard InChI is InChI=1S/C30H52B2O4/c1-17(2)18(3)27-28(36-32(8)35-27)19(4)22-11-12-23-21-10-9-20-15-25-26(34-31(7)33-25)16-30(20,6)24(21)13-14-29(22,23)5/h17-28H,9-16H2,1-8H3/t18-,19-,20-,21?,22+,23?,24?,25?,26?,27+,28+,29+,30-/m0/s1. The summed E-state index contributed by atoms with van der Waals surface area (Å²) in [5.41, 5.74) is 0.876. The molecule has 2 heterocycles. The van der Waals surface area contributed by atoms with E-state index < -0.39 is 0 Å². The molecule has 5 unspecified atom stereocenters. The molecule has 0 spiro atoms. The minimum atomic E-state index is -0.0701. The van der Waals surface area contributed by atoms with Crippen molar-refractivity contribution >= 4 is 14.2 Å². The van der Waals surface area contributed by atoms with Gasteiger partial charge in [0.1, 0.15) is 0 Å². The first-order valence-corrected chi connectivity index (χ1v) is 15.6. The Morgan fingerprint density at radius 1 is 0.722 bits per heavy atom. The maximum Gasteiger partial charge on any atom is 0.454 e. The van der Waals surface area contributed by atoms with Crippen LogP contribution in [0, 0.1) is 58.2 Å². The number of fused-ring (bicyclic) bond motifs is 6. The molecular weight excluding hydrogens is 446 g/mol. The van der Waals surface area contributed by atoms with Crippen LogP contribution in [0.15, 0.2) is 0 Å². The van der Waals surface area contributed by atoms with Gasteiger partial charge in [-0.15, -0.1) is 0 Å². The molecular formula is C30H52B2O4. The van der Waals surface area contributed by atoms with Gasteiger partial charge in [0.05, 0.1) is 24.4 Å². The zero-order chi connectivity index (χ0) is 25.6. The molecule has 0 radical (unpaired) electrons. The van der Waals surface area contributed by atoms with Crippen molar-refractivity contribution in [2.24, 2.45) is 58.2 Å². The molecule has 4 saturated carbocycles. The molecule has 2 aliphatic heterocycles. The third kappa shape index (κ3) is 3.93. The van der Waals surface area contributed by atoms with Gasteiger partial charge < -0.3 is 18.6 Å². The molecule has 0 amide bonds. The van der Waals surface area contributed by atoms with Crippen LogP contribution in [-0.4, -0.2) is 38.7 Å². The molecule has 6 heteroatoms. The second-order valence-corrected chi connectivity index (χ2v) is 15.0. The van der Waals surface area contributed by atoms with Crippen LogP contribution < -0.4 is 0 Å². The van der Waals surface area contributed by atoms with Crippen molar-refractivity contribution in [3.05, 3.63) is 0 Å². The Morgan fingerprint density at radius 3 is 2.14 bits per heavy atom. The van der Waals surface area contributed by atoms with E-state index in [0.29, 0.717) is 40.8 Å². The highest BCUT2D eigenvalue weighted by Gasteiger charge is 2.63. The van der Waals surface area contributed by atoms with E-state index in [2.05, 4.69) is 55.2 Å². The van der Waals surface area contributed by atoms with Gasteiger partial charge in [0, 0.05) is 0 Å². The van der Waals surface area contributed by atoms with Gasteiger partial charge >= 0.3 is 14.2 Å². The molecule has 0 N–H and O–H groups in total. The van der Waals surface area contributed by atoms with Crippen LogP contribution in [0.4, 0.5) is 0 Å². The van der Waals surface area contributed by atoms with Crippen LogP contribution in [0.3, 0.4) is 0 Å². The Kier molecular flexibility index (Phi) is 6.75. The highest BCUT2D eigenvalue weighted by Crippen LogP contribution is 2.69. The molecule has 0 aromatic rings. The van der Waals surface area contributed by atoms with Crippen LogP contribution >= 0.6 is 0 Å². The fraction of sp³-hybridized carbons (Fsp3) is 1.00. The van der Waals surface area contributed by atoms with E-state index in [1.165, 1.54) is 51.4 Å². The van der Waals surface area contributed by atoms with Crippen LogP contribution in [-0.2, 0) is 18.6 Å². The Morgan fingerprint density at radius 2 is 1.39 bits per heavy atom. The summed E-state index contributed by atoms with van der Waals surface area (Å²) in [5.74, 6) is 5.89. The molecule has 2 saturated heterocycles. The van der Waals surface area contributed by atoms with Gasteiger partial charge in [-0.3, -0.25) is 0 Å². The topological polar surface area (TPSA) is 36.9 Å². The van der Waals surface area contributed by atoms with Crippen molar-refractivity contribution in [1.82, 2.24) is 0 Å². The first-order valence-electron chi connectivity index (χ1n) is 15.6. The monoisotopic (exact) mass is 498 g/mol. The lowest BCUT2D eigenvalue weighted by Crippen LogP contribution is -2.56. The van der Waals surface area contributed by atoms with Crippen LogP contribution in [0.5, 0.6) is 0 Å². The lowest BCUT2D eigenvalue weighted by molar-refractivity contribution is -0.141. The van der Waals surface area contributed by atoms with Gasteiger partial charge in [0.2, 0.25) is 0 Å². The molecule has 13 atom stereocenters. The largest absolute Gasteiger partial charge is 0.454 e. The average molecular weight is 498 g/mol. The van der Waals surface area contributed by atoms with E-state index in [1.807, 2.05) is 0 Å². The van der Waals surface area contributed by atoms with Crippen molar-refractivity contribution in [3.8, 4) is 0 Å². The highest BCUT2D eigenvalue weighted by atomic mass is 16.7. The molecule has 6 rings (SSSR count). The third-order valence-electron chi connectivity index (χ3n) is 13.2. The van der Waals surface area contributed by atoms with Crippen molar-refractivity contribution in [3.63, 3.8) is 0 Å². The van der Waals surface area contributed by atoms with E-state index in [1.54, 1.807) is 0 Å². The van der Waals surface area contributed by atoms with Gasteiger partial charge in [0.25, 0.3) is 0 Å². The van der Waals surface area contributed by atoms with Crippen molar-refractivity contribution in [1.29, 1.82) is 0 Å². The first kappa shape index (κ1) is 26.2. The fourth-order valence-electron chi connectivity index (χ4n) is 11.0. The predicted octanol–water partition coefficient (Wildman–Crippen LogP) is 6.99. The Bertz CT molecular complexity index is 825. The Hall–Kier alpha value is -0.0301. The third-order valence-corrected chi connectivity index (χ3v) is 13.2. The quantitative estimate of drug-likeness (QED) is 0.392. The van der Waals surface area contributed by atoms with Gasteiger partial charge in [-0.25, -0.2) is 0 Å². The van der Waals surface area contributed by atoms with E-state index in [0.717, 1.165) is 29.6 Å². The zero-order valence-corrected chi connectivity index (χ0v) is 24.4. The summed E-state index contributed by atoms with van der Waals surface area (Å²) in [5, 5.41) is 0. The van der Waals surface area contributed by atoms with E-state index in [9.17, 15) is 0 Å². The van der Waals surface area contributed by atoms with Crippen molar-refractivity contribution < 1.29 is 18.6 Å². The molecule has 4 aliphatic carbocycles. The lowest BCUT2D eigenvalue weighted by atomic mass is 9.44. The van der Waals surface area contributed by atoms with Crippen LogP contribution in [0.2, 0.25) is 13.6 Å². The SMILES string of the molecule is CB1OC2C[C@@H]3CCC4C5CC[C@H]([C@H](C)[C@H]6OB(C)O[C@@H]6[C@@H](C)C(C)C)[C@@]5(C)CCC4[C@@]3(C)CC2O1. The van der Waals surface area contributed by atoms with E-state index >= 15 is 0 Å². The predicted molar refractivity (Wildman–Crippen MR) is 146 cm³/mol. The number of hydrogen-bond acceptors (Lipinski definition) is 4. The Balaban J connectivity index is 1.21. The number of rotatable bonds is 4. The minimum absolute atomic E-state index is 0.0157. The molecule has 4 nitrogen and oxygen atoms in total. The maximum atomic E-state index is 6.54. The summed E-state index contributed by atoms with van der Waals surface area (Å²) in [6, 6.07) is 0. The zero-order valence-electron chi connectivity index (χ0n) is 24.4. The maximum absolute atomic E-state index is 6.54. The fourth-order valence-corrected chi connectivity index (χ4v) is 11.0. The summed E-state index contributed by atoms with van der Waals surface area (Å²) in [6.07, 6.45) is 12.0. The normalized spacial score (nSPS) is 52.1. The molecule has 6 fully saturated rings. The highest BCUT2D eigenvalue weighted by molar-refractivity contribution is 6.43. The molecule has 0 bridgehead atoms. The van der Waals surface area contributed by atoms with E-state index in [-0.39, 0.29) is 26.4 Å². The lowest BCUT2D eigenvalue weighted by Gasteiger charge is -2.62. The Labute approximate surface area is 222 Å². The summed E-state index contributed by atoms with van der Waals surface area (Å²) >= 11 is 0. The first-order chi connectivity index (χ1) is 17.0. The van der Waals surface area contributed by atoms with Gasteiger partial charge in [0.15, 0.2) is 0 Å². The second-order valence-electron chi connectivity index (χ2n) is 15.0. The molecule has 6 aliphatic rings. The molecule has 36 heavy (non-hydrogen) atoms. The smallest absolute Gasteiger partial charge is 0.406 e. The van der Waals surface area contributed by atoms with Crippen molar-refractivity contribution in [2.75, 3.05) is 0 Å². The molecule has 0 aromatic carbocycles. The van der Waals surface area contributed by atoms with Gasteiger partial charge in [-0.2, -0.15) is 0 Å². The summed E-state index contributed by atoms with van der Waals surface area (Å²) in [4.78, 5) is 0. The van der Waals surface area contributed by atoms with Gasteiger partial charge in [-0.05, 0) is 123 Å². The van der Waals surface area contributed by atoms with Crippen LogP contribution in [0.25, 0.3) is 0 Å². The number of hydrogen-bond donors (Lipinski definition) is 0. The summed E-state index contributed by atoms with van der Waals surface area (Å²) in [7, 11) is -0.0859.